The van der Waals surface area contributed by atoms with Crippen LogP contribution in [0.25, 0.3) is 0 Å². The van der Waals surface area contributed by atoms with Gasteiger partial charge in [-0.25, -0.2) is 0 Å². The van der Waals surface area contributed by atoms with Crippen molar-refractivity contribution < 1.29 is 14.3 Å². The normalized spacial score (nSPS) is 16.2. The van der Waals surface area contributed by atoms with Gasteiger partial charge in [0, 0.05) is 13.1 Å². The van der Waals surface area contributed by atoms with Crippen molar-refractivity contribution in [2.45, 2.75) is 38.6 Å². The van der Waals surface area contributed by atoms with Crippen LogP contribution in [0.4, 0.5) is 0 Å². The minimum Gasteiger partial charge on any atom is -0.493 e. The molecule has 1 radical (unpaired) electrons. The Kier molecular flexibility index (Phi) is 7.99. The first-order valence-electron chi connectivity index (χ1n) is 11.4. The topological polar surface area (TPSA) is 50.8 Å². The van der Waals surface area contributed by atoms with Crippen molar-refractivity contribution in [3.8, 4) is 11.5 Å². The highest BCUT2D eigenvalue weighted by molar-refractivity contribution is 5.82. The summed E-state index contributed by atoms with van der Waals surface area (Å²) in [4.78, 5) is 15.3. The van der Waals surface area contributed by atoms with E-state index in [0.717, 1.165) is 37.1 Å². The van der Waals surface area contributed by atoms with E-state index in [9.17, 15) is 4.79 Å². The SMILES string of the molecule is COc1cc(CNC(=O)C2C[CH]CCN2Cc2ccccc2)ccc1OCc1ccccc1. The summed E-state index contributed by atoms with van der Waals surface area (Å²) in [5.41, 5.74) is 3.30. The fourth-order valence-electron chi connectivity index (χ4n) is 4.10. The van der Waals surface area contributed by atoms with Crippen molar-refractivity contribution in [3.05, 3.63) is 102 Å². The molecule has 171 valence electrons. The second kappa shape index (κ2) is 11.5. The smallest absolute Gasteiger partial charge is 0.237 e. The third-order valence-electron chi connectivity index (χ3n) is 5.91. The number of amides is 1. The van der Waals surface area contributed by atoms with Gasteiger partial charge < -0.3 is 14.8 Å². The number of carbonyl (C=O) groups excluding carboxylic acids is 1. The molecule has 1 N–H and O–H groups in total. The van der Waals surface area contributed by atoms with Crippen LogP contribution in [-0.2, 0) is 24.5 Å². The number of methoxy groups -OCH3 is 1. The third kappa shape index (κ3) is 6.36. The number of carbonyl (C=O) groups is 1. The number of benzene rings is 3. The summed E-state index contributed by atoms with van der Waals surface area (Å²) in [5, 5.41) is 3.12. The lowest BCUT2D eigenvalue weighted by Gasteiger charge is -2.34. The molecular formula is C28H31N2O3. The van der Waals surface area contributed by atoms with Crippen LogP contribution < -0.4 is 14.8 Å². The molecule has 1 amide bonds. The molecule has 4 rings (SSSR count). The van der Waals surface area contributed by atoms with Gasteiger partial charge in [-0.1, -0.05) is 66.7 Å². The molecule has 3 aromatic rings. The highest BCUT2D eigenvalue weighted by Crippen LogP contribution is 2.29. The zero-order valence-electron chi connectivity index (χ0n) is 19.1. The van der Waals surface area contributed by atoms with Gasteiger partial charge in [0.05, 0.1) is 13.2 Å². The Morgan fingerprint density at radius 3 is 2.39 bits per heavy atom. The molecule has 1 unspecified atom stereocenters. The highest BCUT2D eigenvalue weighted by Gasteiger charge is 2.28. The monoisotopic (exact) mass is 443 g/mol. The summed E-state index contributed by atoms with van der Waals surface area (Å²) in [7, 11) is 1.63. The Hall–Kier alpha value is -3.31. The third-order valence-corrected chi connectivity index (χ3v) is 5.91. The lowest BCUT2D eigenvalue weighted by molar-refractivity contribution is -0.127. The predicted octanol–water partition coefficient (Wildman–Crippen LogP) is 4.76. The summed E-state index contributed by atoms with van der Waals surface area (Å²) in [6.07, 6.45) is 4.00. The Bertz CT molecular complexity index is 1020. The van der Waals surface area contributed by atoms with Crippen LogP contribution in [0, 0.1) is 6.42 Å². The number of nitrogens with zero attached hydrogens (tertiary/aromatic N) is 1. The van der Waals surface area contributed by atoms with Crippen molar-refractivity contribution >= 4 is 5.91 Å². The first kappa shape index (κ1) is 22.9. The second-order valence-electron chi connectivity index (χ2n) is 8.26. The van der Waals surface area contributed by atoms with Gasteiger partial charge >= 0.3 is 0 Å². The van der Waals surface area contributed by atoms with Crippen LogP contribution in [0.3, 0.4) is 0 Å². The zero-order chi connectivity index (χ0) is 22.9. The second-order valence-corrected chi connectivity index (χ2v) is 8.26. The quantitative estimate of drug-likeness (QED) is 0.518. The molecule has 3 aromatic carbocycles. The number of likely N-dealkylation sites (tertiary alicyclic amines) is 1. The molecular weight excluding hydrogens is 412 g/mol. The minimum atomic E-state index is -0.144. The first-order valence-corrected chi connectivity index (χ1v) is 11.4. The summed E-state index contributed by atoms with van der Waals surface area (Å²) in [6.45, 7) is 2.61. The minimum absolute atomic E-state index is 0.0604. The molecule has 0 spiro atoms. The number of nitrogens with one attached hydrogen (secondary N) is 1. The van der Waals surface area contributed by atoms with Crippen molar-refractivity contribution in [2.75, 3.05) is 13.7 Å². The molecule has 0 aromatic heterocycles. The molecule has 0 bridgehead atoms. The van der Waals surface area contributed by atoms with E-state index in [1.54, 1.807) is 7.11 Å². The van der Waals surface area contributed by atoms with Crippen molar-refractivity contribution in [2.24, 2.45) is 0 Å². The van der Waals surface area contributed by atoms with Gasteiger partial charge in [-0.2, -0.15) is 0 Å². The fourth-order valence-corrected chi connectivity index (χ4v) is 4.10. The molecule has 5 nitrogen and oxygen atoms in total. The van der Waals surface area contributed by atoms with Crippen LogP contribution in [0.15, 0.2) is 78.9 Å². The van der Waals surface area contributed by atoms with Gasteiger partial charge in [-0.3, -0.25) is 9.69 Å². The zero-order valence-corrected chi connectivity index (χ0v) is 19.1. The Balaban J connectivity index is 1.34. The average Bonchev–Trinajstić information content (AvgIpc) is 2.88. The maximum Gasteiger partial charge on any atom is 0.237 e. The molecule has 1 aliphatic rings. The summed E-state index contributed by atoms with van der Waals surface area (Å²) in [6, 6.07) is 26.0. The Labute approximate surface area is 196 Å². The van der Waals surface area contributed by atoms with E-state index < -0.39 is 0 Å². The summed E-state index contributed by atoms with van der Waals surface area (Å²) >= 11 is 0. The Morgan fingerprint density at radius 2 is 1.67 bits per heavy atom. The standard InChI is InChI=1S/C28H31N2O3/c1-32-27-18-24(15-16-26(27)33-21-23-12-6-3-7-13-23)19-29-28(31)25-14-8-9-17-30(25)20-22-10-4-2-5-11-22/h2-8,10-13,15-16,18,25H,9,14,17,19-21H2,1H3,(H,29,31). The van der Waals surface area contributed by atoms with E-state index in [0.29, 0.717) is 24.7 Å². The fraction of sp³-hybridized carbons (Fsp3) is 0.286. The molecule has 33 heavy (non-hydrogen) atoms. The van der Waals surface area contributed by atoms with Crippen molar-refractivity contribution in [3.63, 3.8) is 0 Å². The summed E-state index contributed by atoms with van der Waals surface area (Å²) in [5.74, 6) is 1.41. The van der Waals surface area contributed by atoms with Gasteiger partial charge in [-0.05, 0) is 54.6 Å². The van der Waals surface area contributed by atoms with E-state index in [1.807, 2.05) is 66.7 Å². The molecule has 5 heteroatoms. The maximum absolute atomic E-state index is 13.0. The van der Waals surface area contributed by atoms with Gasteiger partial charge in [-0.15, -0.1) is 0 Å². The number of hydrogen-bond donors (Lipinski definition) is 1. The van der Waals surface area contributed by atoms with E-state index in [2.05, 4.69) is 28.8 Å². The van der Waals surface area contributed by atoms with Crippen LogP contribution >= 0.6 is 0 Å². The Morgan fingerprint density at radius 1 is 0.939 bits per heavy atom. The van der Waals surface area contributed by atoms with E-state index in [4.69, 9.17) is 9.47 Å². The number of hydrogen-bond acceptors (Lipinski definition) is 4. The van der Waals surface area contributed by atoms with E-state index in [1.165, 1.54) is 5.56 Å². The number of piperidine rings is 1. The molecule has 0 saturated carbocycles. The lowest BCUT2D eigenvalue weighted by Crippen LogP contribution is -2.49. The van der Waals surface area contributed by atoms with E-state index >= 15 is 0 Å². The maximum atomic E-state index is 13.0. The molecule has 1 saturated heterocycles. The molecule has 1 atom stereocenters. The number of ether oxygens (including phenoxy) is 2. The largest absolute Gasteiger partial charge is 0.493 e. The average molecular weight is 444 g/mol. The highest BCUT2D eigenvalue weighted by atomic mass is 16.5. The molecule has 0 aliphatic carbocycles. The molecule has 1 aliphatic heterocycles. The van der Waals surface area contributed by atoms with Crippen molar-refractivity contribution in [1.29, 1.82) is 0 Å². The van der Waals surface area contributed by atoms with Crippen LogP contribution in [-0.4, -0.2) is 30.5 Å². The van der Waals surface area contributed by atoms with E-state index in [-0.39, 0.29) is 11.9 Å². The summed E-state index contributed by atoms with van der Waals surface area (Å²) < 4.78 is 11.5. The number of rotatable bonds is 9. The predicted molar refractivity (Wildman–Crippen MR) is 130 cm³/mol. The van der Waals surface area contributed by atoms with Crippen LogP contribution in [0.2, 0.25) is 0 Å². The van der Waals surface area contributed by atoms with Crippen molar-refractivity contribution in [1.82, 2.24) is 10.2 Å². The molecule has 1 heterocycles. The van der Waals surface area contributed by atoms with Crippen LogP contribution in [0.1, 0.15) is 29.5 Å². The lowest BCUT2D eigenvalue weighted by atomic mass is 10.00. The molecule has 1 fully saturated rings. The van der Waals surface area contributed by atoms with Gasteiger partial charge in [0.2, 0.25) is 5.91 Å². The van der Waals surface area contributed by atoms with Crippen LogP contribution in [0.5, 0.6) is 11.5 Å². The van der Waals surface area contributed by atoms with Gasteiger partial charge in [0.15, 0.2) is 11.5 Å². The first-order chi connectivity index (χ1) is 16.2. The van der Waals surface area contributed by atoms with Gasteiger partial charge in [0.1, 0.15) is 6.61 Å². The van der Waals surface area contributed by atoms with Gasteiger partial charge in [0.25, 0.3) is 0 Å².